The number of hydrogen-bond donors (Lipinski definition) is 2. The summed E-state index contributed by atoms with van der Waals surface area (Å²) >= 11 is 0. The lowest BCUT2D eigenvalue weighted by molar-refractivity contribution is -0.161. The summed E-state index contributed by atoms with van der Waals surface area (Å²) in [7, 11) is 0. The second-order valence-corrected chi connectivity index (χ2v) is 4.16. The van der Waals surface area contributed by atoms with E-state index < -0.39 is 0 Å². The first-order chi connectivity index (χ1) is 6.85. The zero-order valence-corrected chi connectivity index (χ0v) is 8.63. The lowest BCUT2D eigenvalue weighted by Crippen LogP contribution is -2.34. The van der Waals surface area contributed by atoms with E-state index in [9.17, 15) is 0 Å². The van der Waals surface area contributed by atoms with Crippen LogP contribution in [0.25, 0.3) is 0 Å². The topological polar surface area (TPSA) is 56.5 Å². The highest BCUT2D eigenvalue weighted by Crippen LogP contribution is 2.38. The fourth-order valence-electron chi connectivity index (χ4n) is 2.26. The van der Waals surface area contributed by atoms with Crippen LogP contribution in [0, 0.1) is 0 Å². The molecular weight excluding hydrogens is 180 g/mol. The van der Waals surface area contributed by atoms with E-state index in [-0.39, 0.29) is 11.9 Å². The molecule has 1 spiro atoms. The highest BCUT2D eigenvalue weighted by atomic mass is 16.7. The summed E-state index contributed by atoms with van der Waals surface area (Å²) in [6, 6.07) is 0. The highest BCUT2D eigenvalue weighted by Gasteiger charge is 2.43. The van der Waals surface area contributed by atoms with Crippen molar-refractivity contribution in [1.82, 2.24) is 5.32 Å². The minimum absolute atomic E-state index is 0.213. The molecule has 2 rings (SSSR count). The number of nitrogens with one attached hydrogen (secondary N) is 1. The fraction of sp³-hybridized carbons (Fsp3) is 1.00. The molecule has 4 nitrogen and oxygen atoms in total. The Hall–Kier alpha value is -0.160. The van der Waals surface area contributed by atoms with Gasteiger partial charge in [-0.15, -0.1) is 0 Å². The number of ether oxygens (including phenoxy) is 2. The largest absolute Gasteiger partial charge is 0.347 e. The van der Waals surface area contributed by atoms with Gasteiger partial charge in [-0.25, -0.2) is 0 Å². The molecule has 1 aliphatic heterocycles. The van der Waals surface area contributed by atoms with Crippen molar-refractivity contribution < 1.29 is 9.47 Å². The Balaban J connectivity index is 1.71. The van der Waals surface area contributed by atoms with E-state index >= 15 is 0 Å². The van der Waals surface area contributed by atoms with Crippen molar-refractivity contribution in [3.05, 3.63) is 0 Å². The van der Waals surface area contributed by atoms with Crippen LogP contribution in [0.15, 0.2) is 0 Å². The van der Waals surface area contributed by atoms with Gasteiger partial charge in [-0.05, 0) is 12.8 Å². The van der Waals surface area contributed by atoms with Crippen LogP contribution in [0.5, 0.6) is 0 Å². The summed E-state index contributed by atoms with van der Waals surface area (Å²) < 4.78 is 11.7. The molecular formula is C10H20N2O2. The van der Waals surface area contributed by atoms with Gasteiger partial charge in [0.2, 0.25) is 0 Å². The average Bonchev–Trinajstić information content (AvgIpc) is 2.79. The molecule has 0 aromatic rings. The minimum atomic E-state index is -0.213. The van der Waals surface area contributed by atoms with Gasteiger partial charge in [0.05, 0.1) is 12.7 Å². The third-order valence-corrected chi connectivity index (χ3v) is 2.97. The summed E-state index contributed by atoms with van der Waals surface area (Å²) in [5.41, 5.74) is 5.39. The maximum absolute atomic E-state index is 5.93. The second kappa shape index (κ2) is 4.57. The Morgan fingerprint density at radius 2 is 2.14 bits per heavy atom. The monoisotopic (exact) mass is 200 g/mol. The second-order valence-electron chi connectivity index (χ2n) is 4.16. The molecule has 0 radical (unpaired) electrons. The molecule has 4 heteroatoms. The standard InChI is InChI=1S/C10H20N2O2/c11-5-6-12-7-9-8-13-10(14-9)3-1-2-4-10/h9,12H,1-8,11H2/t9-/m0/s1. The van der Waals surface area contributed by atoms with E-state index in [4.69, 9.17) is 15.2 Å². The van der Waals surface area contributed by atoms with E-state index in [0.717, 1.165) is 32.5 Å². The molecule has 1 saturated heterocycles. The van der Waals surface area contributed by atoms with Crippen molar-refractivity contribution in [3.63, 3.8) is 0 Å². The SMILES string of the molecule is NCCNC[C@H]1COC2(CCCC2)O1. The van der Waals surface area contributed by atoms with E-state index in [1.54, 1.807) is 0 Å². The molecule has 3 N–H and O–H groups in total. The summed E-state index contributed by atoms with van der Waals surface area (Å²) in [4.78, 5) is 0. The molecule has 0 amide bonds. The van der Waals surface area contributed by atoms with Crippen LogP contribution in [0.4, 0.5) is 0 Å². The quantitative estimate of drug-likeness (QED) is 0.637. The van der Waals surface area contributed by atoms with Gasteiger partial charge in [0.1, 0.15) is 0 Å². The van der Waals surface area contributed by atoms with Gasteiger partial charge in [0.15, 0.2) is 5.79 Å². The van der Waals surface area contributed by atoms with Gasteiger partial charge >= 0.3 is 0 Å². The Labute approximate surface area is 85.1 Å². The van der Waals surface area contributed by atoms with Gasteiger partial charge < -0.3 is 20.5 Å². The van der Waals surface area contributed by atoms with Crippen LogP contribution >= 0.6 is 0 Å². The number of nitrogens with two attached hydrogens (primary N) is 1. The van der Waals surface area contributed by atoms with E-state index in [2.05, 4.69) is 5.32 Å². The van der Waals surface area contributed by atoms with E-state index in [1.807, 2.05) is 0 Å². The van der Waals surface area contributed by atoms with Crippen molar-refractivity contribution in [2.24, 2.45) is 5.73 Å². The summed E-state index contributed by atoms with van der Waals surface area (Å²) in [5, 5.41) is 3.25. The molecule has 2 fully saturated rings. The molecule has 1 atom stereocenters. The molecule has 0 bridgehead atoms. The van der Waals surface area contributed by atoms with Crippen LogP contribution in [0.3, 0.4) is 0 Å². The van der Waals surface area contributed by atoms with Gasteiger partial charge in [-0.3, -0.25) is 0 Å². The van der Waals surface area contributed by atoms with E-state index in [1.165, 1.54) is 12.8 Å². The van der Waals surface area contributed by atoms with Crippen molar-refractivity contribution in [2.45, 2.75) is 37.6 Å². The molecule has 0 aromatic heterocycles. The Morgan fingerprint density at radius 3 is 2.86 bits per heavy atom. The van der Waals surface area contributed by atoms with Crippen LogP contribution in [0.2, 0.25) is 0 Å². The van der Waals surface area contributed by atoms with Gasteiger partial charge in [-0.2, -0.15) is 0 Å². The zero-order chi connectivity index (χ0) is 9.86. The summed E-state index contributed by atoms with van der Waals surface area (Å²) in [6.45, 7) is 3.13. The predicted molar refractivity (Wildman–Crippen MR) is 53.9 cm³/mol. The minimum Gasteiger partial charge on any atom is -0.347 e. The average molecular weight is 200 g/mol. The lowest BCUT2D eigenvalue weighted by atomic mass is 10.2. The Kier molecular flexibility index (Phi) is 3.38. The molecule has 1 heterocycles. The fourth-order valence-corrected chi connectivity index (χ4v) is 2.26. The van der Waals surface area contributed by atoms with Crippen LogP contribution in [0.1, 0.15) is 25.7 Å². The van der Waals surface area contributed by atoms with Crippen molar-refractivity contribution in [1.29, 1.82) is 0 Å². The summed E-state index contributed by atoms with van der Waals surface area (Å²) in [5.74, 6) is -0.213. The maximum atomic E-state index is 5.93. The first-order valence-electron chi connectivity index (χ1n) is 5.57. The number of hydrogen-bond acceptors (Lipinski definition) is 4. The van der Waals surface area contributed by atoms with Crippen LogP contribution < -0.4 is 11.1 Å². The molecule has 0 unspecified atom stereocenters. The molecule has 0 aromatic carbocycles. The smallest absolute Gasteiger partial charge is 0.168 e. The predicted octanol–water partition coefficient (Wildman–Crippen LogP) is 0.220. The van der Waals surface area contributed by atoms with Gasteiger partial charge in [0, 0.05) is 32.5 Å². The lowest BCUT2D eigenvalue weighted by Gasteiger charge is -2.21. The molecule has 1 aliphatic carbocycles. The zero-order valence-electron chi connectivity index (χ0n) is 8.63. The molecule has 82 valence electrons. The van der Waals surface area contributed by atoms with Gasteiger partial charge in [-0.1, -0.05) is 0 Å². The molecule has 2 aliphatic rings. The normalized spacial score (nSPS) is 30.2. The Bertz CT molecular complexity index is 181. The van der Waals surface area contributed by atoms with Crippen molar-refractivity contribution in [2.75, 3.05) is 26.2 Å². The third kappa shape index (κ3) is 2.25. The number of rotatable bonds is 4. The Morgan fingerprint density at radius 1 is 1.36 bits per heavy atom. The van der Waals surface area contributed by atoms with Gasteiger partial charge in [0.25, 0.3) is 0 Å². The first-order valence-corrected chi connectivity index (χ1v) is 5.57. The summed E-state index contributed by atoms with van der Waals surface area (Å²) in [6.07, 6.45) is 4.84. The van der Waals surface area contributed by atoms with Crippen LogP contribution in [-0.4, -0.2) is 38.1 Å². The van der Waals surface area contributed by atoms with Crippen molar-refractivity contribution in [3.8, 4) is 0 Å². The molecule has 1 saturated carbocycles. The highest BCUT2D eigenvalue weighted by molar-refractivity contribution is 4.84. The van der Waals surface area contributed by atoms with Crippen molar-refractivity contribution >= 4 is 0 Å². The van der Waals surface area contributed by atoms with Crippen LogP contribution in [-0.2, 0) is 9.47 Å². The first kappa shape index (κ1) is 10.4. The van der Waals surface area contributed by atoms with E-state index in [0.29, 0.717) is 6.54 Å². The maximum Gasteiger partial charge on any atom is 0.168 e. The third-order valence-electron chi connectivity index (χ3n) is 2.97. The molecule has 14 heavy (non-hydrogen) atoms.